The summed E-state index contributed by atoms with van der Waals surface area (Å²) in [7, 11) is 0. The SMILES string of the molecule is Cc1cc(C(=O)N2CCC[C@H]2C(F)(F)F)c2cccc(C)c2n1. The number of carbonyl (C=O) groups excluding carboxylic acids is 1. The van der Waals surface area contributed by atoms with E-state index in [0.29, 0.717) is 28.6 Å². The van der Waals surface area contributed by atoms with Crippen LogP contribution in [0.5, 0.6) is 0 Å². The Hall–Kier alpha value is -2.11. The third-order valence-electron chi connectivity index (χ3n) is 4.29. The molecule has 1 aromatic heterocycles. The molecule has 1 saturated heterocycles. The molecule has 1 aliphatic heterocycles. The van der Waals surface area contributed by atoms with Crippen molar-refractivity contribution in [2.45, 2.75) is 38.9 Å². The quantitative estimate of drug-likeness (QED) is 0.794. The number of aryl methyl sites for hydroxylation is 2. The first-order valence-electron chi connectivity index (χ1n) is 7.53. The highest BCUT2D eigenvalue weighted by molar-refractivity contribution is 6.07. The van der Waals surface area contributed by atoms with Gasteiger partial charge in [-0.05, 0) is 38.3 Å². The standard InChI is InChI=1S/C17H17F3N2O/c1-10-5-3-6-12-13(9-11(2)21-15(10)12)16(23)22-8-4-7-14(22)17(18,19)20/h3,5-6,9,14H,4,7-8H2,1-2H3/t14-/m0/s1. The summed E-state index contributed by atoms with van der Waals surface area (Å²) in [5.74, 6) is -0.564. The van der Waals surface area contributed by atoms with Crippen molar-refractivity contribution in [2.75, 3.05) is 6.54 Å². The lowest BCUT2D eigenvalue weighted by Crippen LogP contribution is -2.44. The van der Waals surface area contributed by atoms with Crippen molar-refractivity contribution in [3.05, 3.63) is 41.1 Å². The lowest BCUT2D eigenvalue weighted by molar-refractivity contribution is -0.169. The van der Waals surface area contributed by atoms with Crippen molar-refractivity contribution < 1.29 is 18.0 Å². The first-order chi connectivity index (χ1) is 10.8. The van der Waals surface area contributed by atoms with Gasteiger partial charge in [0.05, 0.1) is 11.1 Å². The van der Waals surface area contributed by atoms with Crippen LogP contribution in [0.2, 0.25) is 0 Å². The second kappa shape index (κ2) is 5.51. The van der Waals surface area contributed by atoms with Gasteiger partial charge in [-0.2, -0.15) is 13.2 Å². The third kappa shape index (κ3) is 2.78. The highest BCUT2D eigenvalue weighted by Gasteiger charge is 2.48. The van der Waals surface area contributed by atoms with Crippen molar-refractivity contribution in [1.29, 1.82) is 0 Å². The van der Waals surface area contributed by atoms with Gasteiger partial charge in [0.15, 0.2) is 0 Å². The van der Waals surface area contributed by atoms with E-state index in [2.05, 4.69) is 4.98 Å². The lowest BCUT2D eigenvalue weighted by atomic mass is 10.0. The summed E-state index contributed by atoms with van der Waals surface area (Å²) in [6, 6.07) is 5.29. The number of fused-ring (bicyclic) bond motifs is 1. The van der Waals surface area contributed by atoms with Crippen LogP contribution in [0.15, 0.2) is 24.3 Å². The number of carbonyl (C=O) groups is 1. The maximum absolute atomic E-state index is 13.1. The zero-order valence-electron chi connectivity index (χ0n) is 12.9. The van der Waals surface area contributed by atoms with Crippen LogP contribution in [0.4, 0.5) is 13.2 Å². The number of alkyl halides is 3. The molecular formula is C17H17F3N2O. The van der Waals surface area contributed by atoms with Gasteiger partial charge in [-0.25, -0.2) is 0 Å². The van der Waals surface area contributed by atoms with Crippen LogP contribution in [0.25, 0.3) is 10.9 Å². The van der Waals surface area contributed by atoms with Gasteiger partial charge in [0.2, 0.25) is 0 Å². The van der Waals surface area contributed by atoms with E-state index in [4.69, 9.17) is 0 Å². The monoisotopic (exact) mass is 322 g/mol. The lowest BCUT2D eigenvalue weighted by Gasteiger charge is -2.27. The van der Waals surface area contributed by atoms with Crippen LogP contribution in [-0.2, 0) is 0 Å². The minimum atomic E-state index is -4.39. The Morgan fingerprint density at radius 1 is 1.30 bits per heavy atom. The predicted molar refractivity (Wildman–Crippen MR) is 81.3 cm³/mol. The molecule has 6 heteroatoms. The smallest absolute Gasteiger partial charge is 0.327 e. The van der Waals surface area contributed by atoms with E-state index in [1.165, 1.54) is 0 Å². The van der Waals surface area contributed by atoms with Gasteiger partial charge in [-0.1, -0.05) is 18.2 Å². The molecule has 0 spiro atoms. The average Bonchev–Trinajstić information content (AvgIpc) is 2.96. The molecule has 0 N–H and O–H groups in total. The summed E-state index contributed by atoms with van der Waals surface area (Å²) < 4.78 is 39.4. The summed E-state index contributed by atoms with van der Waals surface area (Å²) in [6.45, 7) is 3.75. The van der Waals surface area contributed by atoms with E-state index >= 15 is 0 Å². The van der Waals surface area contributed by atoms with E-state index in [-0.39, 0.29) is 13.0 Å². The Morgan fingerprint density at radius 3 is 2.74 bits per heavy atom. The molecule has 3 nitrogen and oxygen atoms in total. The Balaban J connectivity index is 2.10. The maximum Gasteiger partial charge on any atom is 0.408 e. The molecule has 23 heavy (non-hydrogen) atoms. The van der Waals surface area contributed by atoms with Crippen molar-refractivity contribution in [1.82, 2.24) is 9.88 Å². The molecule has 1 fully saturated rings. The number of amides is 1. The van der Waals surface area contributed by atoms with Crippen LogP contribution in [0.1, 0.15) is 34.5 Å². The molecule has 0 bridgehead atoms. The Morgan fingerprint density at radius 2 is 2.04 bits per heavy atom. The van der Waals surface area contributed by atoms with Crippen LogP contribution in [0, 0.1) is 13.8 Å². The molecule has 1 aliphatic rings. The number of hydrogen-bond donors (Lipinski definition) is 0. The van der Waals surface area contributed by atoms with Gasteiger partial charge in [0, 0.05) is 17.6 Å². The predicted octanol–water partition coefficient (Wildman–Crippen LogP) is 4.02. The molecule has 1 amide bonds. The molecule has 0 unspecified atom stereocenters. The summed E-state index contributed by atoms with van der Waals surface area (Å²) in [4.78, 5) is 18.2. The van der Waals surface area contributed by atoms with Crippen molar-refractivity contribution in [3.63, 3.8) is 0 Å². The minimum Gasteiger partial charge on any atom is -0.327 e. The number of aromatic nitrogens is 1. The second-order valence-corrected chi connectivity index (χ2v) is 5.98. The Kier molecular flexibility index (Phi) is 3.78. The summed E-state index contributed by atoms with van der Waals surface area (Å²) in [6.07, 6.45) is -4.05. The van der Waals surface area contributed by atoms with E-state index in [1.807, 2.05) is 13.0 Å². The Bertz CT molecular complexity index is 770. The molecule has 2 aromatic rings. The van der Waals surface area contributed by atoms with Gasteiger partial charge in [0.25, 0.3) is 5.91 Å². The van der Waals surface area contributed by atoms with Gasteiger partial charge in [-0.15, -0.1) is 0 Å². The highest BCUT2D eigenvalue weighted by Crippen LogP contribution is 2.34. The fourth-order valence-corrected chi connectivity index (χ4v) is 3.20. The molecule has 0 radical (unpaired) electrons. The van der Waals surface area contributed by atoms with Gasteiger partial charge in [-0.3, -0.25) is 9.78 Å². The number of para-hydroxylation sites is 1. The first kappa shape index (κ1) is 15.8. The minimum absolute atomic E-state index is 0.0315. The van der Waals surface area contributed by atoms with Crippen molar-refractivity contribution >= 4 is 16.8 Å². The van der Waals surface area contributed by atoms with Gasteiger partial charge >= 0.3 is 6.18 Å². The average molecular weight is 322 g/mol. The number of halogens is 3. The van der Waals surface area contributed by atoms with E-state index < -0.39 is 18.1 Å². The molecule has 2 heterocycles. The molecular weight excluding hydrogens is 305 g/mol. The summed E-state index contributed by atoms with van der Waals surface area (Å²) in [5.41, 5.74) is 2.48. The van der Waals surface area contributed by atoms with Gasteiger partial charge < -0.3 is 4.90 Å². The molecule has 0 aliphatic carbocycles. The molecule has 1 atom stereocenters. The van der Waals surface area contributed by atoms with E-state index in [0.717, 1.165) is 10.5 Å². The number of benzene rings is 1. The number of likely N-dealkylation sites (tertiary alicyclic amines) is 1. The normalized spacial score (nSPS) is 18.7. The summed E-state index contributed by atoms with van der Waals surface area (Å²) >= 11 is 0. The van der Waals surface area contributed by atoms with Crippen LogP contribution < -0.4 is 0 Å². The number of nitrogens with zero attached hydrogens (tertiary/aromatic N) is 2. The zero-order chi connectivity index (χ0) is 16.8. The van der Waals surface area contributed by atoms with Crippen LogP contribution >= 0.6 is 0 Å². The number of pyridine rings is 1. The maximum atomic E-state index is 13.1. The highest BCUT2D eigenvalue weighted by atomic mass is 19.4. The van der Waals surface area contributed by atoms with Crippen LogP contribution in [0.3, 0.4) is 0 Å². The van der Waals surface area contributed by atoms with Crippen molar-refractivity contribution in [2.24, 2.45) is 0 Å². The third-order valence-corrected chi connectivity index (χ3v) is 4.29. The first-order valence-corrected chi connectivity index (χ1v) is 7.53. The second-order valence-electron chi connectivity index (χ2n) is 5.98. The van der Waals surface area contributed by atoms with Crippen LogP contribution in [-0.4, -0.2) is 34.6 Å². The molecule has 1 aromatic carbocycles. The number of rotatable bonds is 1. The fraction of sp³-hybridized carbons (Fsp3) is 0.412. The van der Waals surface area contributed by atoms with Gasteiger partial charge in [0.1, 0.15) is 6.04 Å². The fourth-order valence-electron chi connectivity index (χ4n) is 3.20. The molecule has 3 rings (SSSR count). The molecule has 122 valence electrons. The largest absolute Gasteiger partial charge is 0.408 e. The Labute approximate surface area is 132 Å². The zero-order valence-corrected chi connectivity index (χ0v) is 12.9. The topological polar surface area (TPSA) is 33.2 Å². The van der Waals surface area contributed by atoms with E-state index in [9.17, 15) is 18.0 Å². The van der Waals surface area contributed by atoms with Crippen molar-refractivity contribution in [3.8, 4) is 0 Å². The molecule has 0 saturated carbocycles. The number of hydrogen-bond acceptors (Lipinski definition) is 2. The summed E-state index contributed by atoms with van der Waals surface area (Å²) in [5, 5.41) is 0.605. The van der Waals surface area contributed by atoms with E-state index in [1.54, 1.807) is 25.1 Å².